The average Bonchev–Trinajstić information content (AvgIpc) is 2.82. The maximum atomic E-state index is 11.6. The number of aliphatic imine (C=N–C) groups is 1. The number of hydrogen-bond acceptors (Lipinski definition) is 10. The minimum atomic E-state index is -1.67. The zero-order chi connectivity index (χ0) is 25.6. The summed E-state index contributed by atoms with van der Waals surface area (Å²) in [4.78, 5) is 15.8. The highest BCUT2D eigenvalue weighted by atomic mass is 16.5. The summed E-state index contributed by atoms with van der Waals surface area (Å²) in [5, 5.41) is 82.1. The molecule has 4 rings (SSSR count). The zero-order valence-electron chi connectivity index (χ0n) is 18.7. The molecule has 8 N–H and O–H groups in total. The highest BCUT2D eigenvalue weighted by Crippen LogP contribution is 2.48. The molecule has 1 aliphatic carbocycles. The third-order valence-electron chi connectivity index (χ3n) is 6.55. The normalized spacial score (nSPS) is 29.9. The molecule has 0 spiro atoms. The number of carbonyl (C=O) groups is 1. The van der Waals surface area contributed by atoms with Crippen molar-refractivity contribution >= 4 is 11.7 Å². The lowest BCUT2D eigenvalue weighted by molar-refractivity contribution is -0.232. The number of rotatable bonds is 5. The lowest BCUT2D eigenvalue weighted by Crippen LogP contribution is -2.60. The van der Waals surface area contributed by atoms with Gasteiger partial charge in [0.25, 0.3) is 0 Å². The fourth-order valence-electron chi connectivity index (χ4n) is 4.81. The SMILES string of the molecule is CC(N=C1c2c(O)cccc2C([C@@H]2O[C@H](CO)[C@@H](O)[C@H](O)[C@H]2O)c2cc(CO)cc(O)c21)C(=O)O. The molecular weight excluding hydrogens is 462 g/mol. The standard InChI is InChI=1S/C24H27NO10/c1-9(24(33)34)25-19-17-11(3-2-4-13(17)28)16(12-5-10(7-26)6-14(29)18(12)19)23-22(32)21(31)20(30)15(8-27)35-23/h2-6,9,15-16,20-23,26-32H,7-8H2,1H3,(H,33,34)/t9?,15-,16?,20-,21+,22-,23+/m1/s1. The number of fused-ring (bicyclic) bond motifs is 2. The van der Waals surface area contributed by atoms with Gasteiger partial charge in [-0.25, -0.2) is 4.79 Å². The van der Waals surface area contributed by atoms with E-state index in [4.69, 9.17) is 4.74 Å². The monoisotopic (exact) mass is 489 g/mol. The molecule has 188 valence electrons. The van der Waals surface area contributed by atoms with Crippen LogP contribution in [-0.4, -0.2) is 95.7 Å². The molecule has 2 aliphatic rings. The Kier molecular flexibility index (Phi) is 6.82. The van der Waals surface area contributed by atoms with Crippen molar-refractivity contribution < 1.29 is 50.4 Å². The van der Waals surface area contributed by atoms with Crippen LogP contribution in [0.4, 0.5) is 0 Å². The van der Waals surface area contributed by atoms with Crippen molar-refractivity contribution in [1.82, 2.24) is 0 Å². The maximum Gasteiger partial charge on any atom is 0.328 e. The quantitative estimate of drug-likeness (QED) is 0.263. The van der Waals surface area contributed by atoms with Gasteiger partial charge in [-0.1, -0.05) is 18.2 Å². The highest BCUT2D eigenvalue weighted by molar-refractivity contribution is 6.19. The number of nitrogens with zero attached hydrogens (tertiary/aromatic N) is 1. The lowest BCUT2D eigenvalue weighted by atomic mass is 9.71. The number of carboxylic acid groups (broad SMARTS) is 1. The molecule has 7 atom stereocenters. The van der Waals surface area contributed by atoms with Crippen molar-refractivity contribution in [1.29, 1.82) is 0 Å². The van der Waals surface area contributed by atoms with Crippen LogP contribution < -0.4 is 0 Å². The van der Waals surface area contributed by atoms with Crippen molar-refractivity contribution in [3.63, 3.8) is 0 Å². The molecule has 1 heterocycles. The molecule has 0 bridgehead atoms. The Bertz CT molecular complexity index is 1160. The summed E-state index contributed by atoms with van der Waals surface area (Å²) in [6.07, 6.45) is -7.39. The third-order valence-corrected chi connectivity index (χ3v) is 6.55. The van der Waals surface area contributed by atoms with E-state index in [-0.39, 0.29) is 33.9 Å². The van der Waals surface area contributed by atoms with Crippen molar-refractivity contribution in [3.8, 4) is 11.5 Å². The van der Waals surface area contributed by atoms with Gasteiger partial charge in [0, 0.05) is 17.0 Å². The van der Waals surface area contributed by atoms with Gasteiger partial charge in [-0.15, -0.1) is 0 Å². The Hall–Kier alpha value is -3.06. The fourth-order valence-corrected chi connectivity index (χ4v) is 4.81. The van der Waals surface area contributed by atoms with E-state index in [0.717, 1.165) is 0 Å². The summed E-state index contributed by atoms with van der Waals surface area (Å²) < 4.78 is 5.82. The molecule has 2 aromatic rings. The molecule has 1 aliphatic heterocycles. The first kappa shape index (κ1) is 25.0. The summed E-state index contributed by atoms with van der Waals surface area (Å²) in [6, 6.07) is 6.02. The smallest absolute Gasteiger partial charge is 0.328 e. The summed E-state index contributed by atoms with van der Waals surface area (Å²) in [5.41, 5.74) is 1.07. The second-order valence-corrected chi connectivity index (χ2v) is 8.74. The largest absolute Gasteiger partial charge is 0.507 e. The summed E-state index contributed by atoms with van der Waals surface area (Å²) in [7, 11) is 0. The molecule has 0 amide bonds. The highest BCUT2D eigenvalue weighted by Gasteiger charge is 2.49. The molecule has 0 saturated carbocycles. The van der Waals surface area contributed by atoms with Crippen molar-refractivity contribution in [2.45, 2.75) is 56.0 Å². The van der Waals surface area contributed by atoms with E-state index >= 15 is 0 Å². The Morgan fingerprint density at radius 3 is 2.31 bits per heavy atom. The number of aliphatic carboxylic acids is 1. The fraction of sp³-hybridized carbons (Fsp3) is 0.417. The topological polar surface area (TPSA) is 200 Å². The van der Waals surface area contributed by atoms with Crippen LogP contribution in [0, 0.1) is 0 Å². The van der Waals surface area contributed by atoms with Crippen molar-refractivity contribution in [2.75, 3.05) is 6.61 Å². The molecule has 0 radical (unpaired) electrons. The number of phenolic OH excluding ortho intramolecular Hbond substituents is 2. The molecule has 0 aromatic heterocycles. The Balaban J connectivity index is 2.02. The van der Waals surface area contributed by atoms with E-state index in [1.165, 1.54) is 31.2 Å². The predicted octanol–water partition coefficient (Wildman–Crippen LogP) is -0.812. The first-order valence-corrected chi connectivity index (χ1v) is 11.0. The minimum Gasteiger partial charge on any atom is -0.507 e. The van der Waals surface area contributed by atoms with Crippen LogP contribution in [0.25, 0.3) is 0 Å². The van der Waals surface area contributed by atoms with Crippen LogP contribution >= 0.6 is 0 Å². The number of aliphatic hydroxyl groups excluding tert-OH is 5. The minimum absolute atomic E-state index is 0.00849. The van der Waals surface area contributed by atoms with Gasteiger partial charge in [0.15, 0.2) is 0 Å². The van der Waals surface area contributed by atoms with E-state index in [1.807, 2.05) is 0 Å². The number of benzene rings is 2. The molecule has 11 nitrogen and oxygen atoms in total. The van der Waals surface area contributed by atoms with Gasteiger partial charge in [-0.2, -0.15) is 0 Å². The van der Waals surface area contributed by atoms with Crippen molar-refractivity contribution in [3.05, 3.63) is 58.1 Å². The number of aliphatic hydroxyl groups is 5. The Morgan fingerprint density at radius 2 is 1.69 bits per heavy atom. The number of ether oxygens (including phenoxy) is 1. The predicted molar refractivity (Wildman–Crippen MR) is 120 cm³/mol. The Morgan fingerprint density at radius 1 is 1.00 bits per heavy atom. The second-order valence-electron chi connectivity index (χ2n) is 8.74. The molecule has 2 aromatic carbocycles. The number of aromatic hydroxyl groups is 2. The van der Waals surface area contributed by atoms with E-state index in [1.54, 1.807) is 6.07 Å². The van der Waals surface area contributed by atoms with Gasteiger partial charge >= 0.3 is 5.97 Å². The van der Waals surface area contributed by atoms with Crippen LogP contribution in [0.1, 0.15) is 40.7 Å². The third kappa shape index (κ3) is 4.16. The van der Waals surface area contributed by atoms with E-state index < -0.39 is 61.7 Å². The van der Waals surface area contributed by atoms with E-state index in [2.05, 4.69) is 4.99 Å². The molecule has 35 heavy (non-hydrogen) atoms. The second kappa shape index (κ2) is 9.53. The lowest BCUT2D eigenvalue weighted by Gasteiger charge is -2.45. The Labute approximate surface area is 199 Å². The van der Waals surface area contributed by atoms with Crippen LogP contribution in [-0.2, 0) is 16.1 Å². The number of phenols is 2. The maximum absolute atomic E-state index is 11.6. The summed E-state index contributed by atoms with van der Waals surface area (Å²) >= 11 is 0. The zero-order valence-corrected chi connectivity index (χ0v) is 18.7. The number of hydrogen-bond donors (Lipinski definition) is 8. The van der Waals surface area contributed by atoms with Crippen LogP contribution in [0.15, 0.2) is 35.3 Å². The van der Waals surface area contributed by atoms with E-state index in [0.29, 0.717) is 11.1 Å². The molecule has 2 unspecified atom stereocenters. The van der Waals surface area contributed by atoms with E-state index in [9.17, 15) is 45.6 Å². The van der Waals surface area contributed by atoms with Gasteiger partial charge in [-0.3, -0.25) is 4.99 Å². The average molecular weight is 489 g/mol. The molecule has 1 saturated heterocycles. The summed E-state index contributed by atoms with van der Waals surface area (Å²) in [5.74, 6) is -2.84. The molecule has 1 fully saturated rings. The van der Waals surface area contributed by atoms with Crippen molar-refractivity contribution in [2.24, 2.45) is 4.99 Å². The van der Waals surface area contributed by atoms with Gasteiger partial charge in [0.05, 0.1) is 25.0 Å². The number of carboxylic acids is 1. The van der Waals surface area contributed by atoms with Crippen LogP contribution in [0.2, 0.25) is 0 Å². The van der Waals surface area contributed by atoms with Gasteiger partial charge in [0.2, 0.25) is 0 Å². The molecule has 11 heteroatoms. The van der Waals surface area contributed by atoms with Gasteiger partial charge < -0.3 is 45.6 Å². The van der Waals surface area contributed by atoms with Gasteiger partial charge in [0.1, 0.15) is 42.0 Å². The first-order valence-electron chi connectivity index (χ1n) is 11.0. The van der Waals surface area contributed by atoms with Crippen LogP contribution in [0.5, 0.6) is 11.5 Å². The molecular formula is C24H27NO10. The van der Waals surface area contributed by atoms with Crippen LogP contribution in [0.3, 0.4) is 0 Å². The van der Waals surface area contributed by atoms with Gasteiger partial charge in [-0.05, 0) is 35.7 Å². The first-order chi connectivity index (χ1) is 16.6. The summed E-state index contributed by atoms with van der Waals surface area (Å²) in [6.45, 7) is 0.226.